The number of carbonyl (C=O) groups excluding carboxylic acids is 2. The van der Waals surface area contributed by atoms with Crippen LogP contribution in [0.5, 0.6) is 5.75 Å². The third-order valence-electron chi connectivity index (χ3n) is 3.34. The minimum Gasteiger partial charge on any atom is -0.492 e. The number of benzene rings is 2. The SMILES string of the molecule is O=C1C(=O)N(CCOc2ccc(Br)cc2)c2c(Cl)cccc21. The van der Waals surface area contributed by atoms with Crippen molar-refractivity contribution in [2.24, 2.45) is 0 Å². The van der Waals surface area contributed by atoms with Crippen molar-refractivity contribution in [3.63, 3.8) is 0 Å². The smallest absolute Gasteiger partial charge is 0.299 e. The molecule has 6 heteroatoms. The first-order valence-corrected chi connectivity index (χ1v) is 7.78. The predicted molar refractivity (Wildman–Crippen MR) is 87.8 cm³/mol. The van der Waals surface area contributed by atoms with E-state index in [1.807, 2.05) is 24.3 Å². The van der Waals surface area contributed by atoms with Crippen LogP contribution < -0.4 is 9.64 Å². The largest absolute Gasteiger partial charge is 0.492 e. The van der Waals surface area contributed by atoms with Crippen LogP contribution in [-0.2, 0) is 4.79 Å². The van der Waals surface area contributed by atoms with Crippen LogP contribution in [0.4, 0.5) is 5.69 Å². The van der Waals surface area contributed by atoms with Crippen LogP contribution in [0.3, 0.4) is 0 Å². The van der Waals surface area contributed by atoms with E-state index in [4.69, 9.17) is 16.3 Å². The van der Waals surface area contributed by atoms with E-state index < -0.39 is 11.7 Å². The maximum Gasteiger partial charge on any atom is 0.299 e. The standard InChI is InChI=1S/C16H11BrClNO3/c17-10-4-6-11(7-5-10)22-9-8-19-14-12(15(20)16(19)21)2-1-3-13(14)18/h1-7H,8-9H2. The Morgan fingerprint density at radius 1 is 1.09 bits per heavy atom. The van der Waals surface area contributed by atoms with Gasteiger partial charge in [0.05, 0.1) is 22.8 Å². The molecule has 0 saturated carbocycles. The highest BCUT2D eigenvalue weighted by molar-refractivity contribution is 9.10. The van der Waals surface area contributed by atoms with Gasteiger partial charge < -0.3 is 4.74 Å². The molecule has 1 aliphatic heterocycles. The molecule has 0 atom stereocenters. The first-order valence-electron chi connectivity index (χ1n) is 6.61. The van der Waals surface area contributed by atoms with Crippen LogP contribution in [0.2, 0.25) is 5.02 Å². The maximum atomic E-state index is 12.1. The number of Topliss-reactive ketones (excluding diaryl/α,β-unsaturated/α-hetero) is 1. The number of rotatable bonds is 4. The quantitative estimate of drug-likeness (QED) is 0.760. The summed E-state index contributed by atoms with van der Waals surface area (Å²) in [5.74, 6) is -0.399. The minimum absolute atomic E-state index is 0.261. The van der Waals surface area contributed by atoms with Crippen molar-refractivity contribution in [1.82, 2.24) is 0 Å². The molecule has 0 bridgehead atoms. The van der Waals surface area contributed by atoms with Gasteiger partial charge in [0, 0.05) is 4.47 Å². The molecule has 3 rings (SSSR count). The first kappa shape index (κ1) is 15.1. The highest BCUT2D eigenvalue weighted by Gasteiger charge is 2.37. The van der Waals surface area contributed by atoms with Crippen molar-refractivity contribution in [3.05, 3.63) is 57.5 Å². The fourth-order valence-corrected chi connectivity index (χ4v) is 2.85. The molecule has 4 nitrogen and oxygen atoms in total. The van der Waals surface area contributed by atoms with Gasteiger partial charge in [0.15, 0.2) is 0 Å². The van der Waals surface area contributed by atoms with E-state index in [2.05, 4.69) is 15.9 Å². The second-order valence-corrected chi connectivity index (χ2v) is 6.05. The van der Waals surface area contributed by atoms with Crippen LogP contribution in [0, 0.1) is 0 Å². The predicted octanol–water partition coefficient (Wildman–Crippen LogP) is 3.71. The van der Waals surface area contributed by atoms with Crippen molar-refractivity contribution in [3.8, 4) is 5.75 Å². The fraction of sp³-hybridized carbons (Fsp3) is 0.125. The van der Waals surface area contributed by atoms with Gasteiger partial charge in [0.1, 0.15) is 12.4 Å². The van der Waals surface area contributed by atoms with Crippen LogP contribution >= 0.6 is 27.5 Å². The van der Waals surface area contributed by atoms with Gasteiger partial charge in [-0.3, -0.25) is 14.5 Å². The second kappa shape index (κ2) is 6.10. The molecule has 0 radical (unpaired) electrons. The van der Waals surface area contributed by atoms with Gasteiger partial charge in [-0.1, -0.05) is 33.6 Å². The summed E-state index contributed by atoms with van der Waals surface area (Å²) in [5.41, 5.74) is 0.819. The summed E-state index contributed by atoms with van der Waals surface area (Å²) in [6.07, 6.45) is 0. The first-order chi connectivity index (χ1) is 10.6. The maximum absolute atomic E-state index is 12.1. The van der Waals surface area contributed by atoms with Gasteiger partial charge in [0.25, 0.3) is 11.7 Å². The molecular formula is C16H11BrClNO3. The fourth-order valence-electron chi connectivity index (χ4n) is 2.31. The zero-order valence-electron chi connectivity index (χ0n) is 11.4. The van der Waals surface area contributed by atoms with Crippen molar-refractivity contribution in [2.45, 2.75) is 0 Å². The van der Waals surface area contributed by atoms with E-state index in [0.717, 1.165) is 4.47 Å². The summed E-state index contributed by atoms with van der Waals surface area (Å²) in [6.45, 7) is 0.530. The van der Waals surface area contributed by atoms with E-state index in [-0.39, 0.29) is 13.2 Å². The lowest BCUT2D eigenvalue weighted by Gasteiger charge is -2.17. The molecule has 2 aromatic rings. The van der Waals surface area contributed by atoms with Gasteiger partial charge in [-0.25, -0.2) is 0 Å². The molecule has 0 aromatic heterocycles. The number of carbonyl (C=O) groups is 2. The molecule has 1 heterocycles. The summed E-state index contributed by atoms with van der Waals surface area (Å²) in [7, 11) is 0. The molecule has 0 saturated heterocycles. The lowest BCUT2D eigenvalue weighted by atomic mass is 10.1. The second-order valence-electron chi connectivity index (χ2n) is 4.72. The van der Waals surface area contributed by atoms with Gasteiger partial charge in [-0.05, 0) is 36.4 Å². The highest BCUT2D eigenvalue weighted by atomic mass is 79.9. The molecule has 0 unspecified atom stereocenters. The number of nitrogens with zero attached hydrogens (tertiary/aromatic N) is 1. The summed E-state index contributed by atoms with van der Waals surface area (Å²) >= 11 is 9.46. The number of anilines is 1. The molecule has 2 aromatic carbocycles. The molecule has 0 N–H and O–H groups in total. The Hall–Kier alpha value is -1.85. The summed E-state index contributed by atoms with van der Waals surface area (Å²) in [6, 6.07) is 12.3. The molecule has 0 spiro atoms. The summed E-state index contributed by atoms with van der Waals surface area (Å²) < 4.78 is 6.55. The molecule has 0 fully saturated rings. The minimum atomic E-state index is -0.567. The number of para-hydroxylation sites is 1. The molecule has 22 heavy (non-hydrogen) atoms. The number of hydrogen-bond acceptors (Lipinski definition) is 3. The Morgan fingerprint density at radius 3 is 2.55 bits per heavy atom. The van der Waals surface area contributed by atoms with E-state index >= 15 is 0 Å². The number of fused-ring (bicyclic) bond motifs is 1. The normalized spacial score (nSPS) is 13.5. The number of amides is 1. The molecule has 1 aliphatic rings. The Balaban J connectivity index is 1.72. The van der Waals surface area contributed by atoms with Crippen molar-refractivity contribution >= 4 is 44.9 Å². The van der Waals surface area contributed by atoms with Gasteiger partial charge in [-0.15, -0.1) is 0 Å². The zero-order chi connectivity index (χ0) is 15.7. The Bertz CT molecular complexity index is 746. The Labute approximate surface area is 140 Å². The average molecular weight is 381 g/mol. The average Bonchev–Trinajstić information content (AvgIpc) is 2.76. The molecule has 112 valence electrons. The van der Waals surface area contributed by atoms with Crippen LogP contribution in [0.15, 0.2) is 46.9 Å². The lowest BCUT2D eigenvalue weighted by molar-refractivity contribution is -0.114. The molecule has 1 amide bonds. The third-order valence-corrected chi connectivity index (χ3v) is 4.17. The van der Waals surface area contributed by atoms with Gasteiger partial charge in [0.2, 0.25) is 0 Å². The number of halogens is 2. The van der Waals surface area contributed by atoms with E-state index in [1.54, 1.807) is 18.2 Å². The Morgan fingerprint density at radius 2 is 1.82 bits per heavy atom. The molecule has 0 aliphatic carbocycles. The summed E-state index contributed by atoms with van der Waals surface area (Å²) in [5, 5.41) is 0.389. The van der Waals surface area contributed by atoms with E-state index in [9.17, 15) is 9.59 Å². The monoisotopic (exact) mass is 379 g/mol. The van der Waals surface area contributed by atoms with Crippen molar-refractivity contribution in [2.75, 3.05) is 18.1 Å². The topological polar surface area (TPSA) is 46.6 Å². The summed E-state index contributed by atoms with van der Waals surface area (Å²) in [4.78, 5) is 25.4. The van der Waals surface area contributed by atoms with E-state index in [0.29, 0.717) is 22.0 Å². The van der Waals surface area contributed by atoms with Crippen molar-refractivity contribution in [1.29, 1.82) is 0 Å². The highest BCUT2D eigenvalue weighted by Crippen LogP contribution is 2.35. The van der Waals surface area contributed by atoms with Crippen LogP contribution in [0.25, 0.3) is 0 Å². The van der Waals surface area contributed by atoms with Gasteiger partial charge in [-0.2, -0.15) is 0 Å². The zero-order valence-corrected chi connectivity index (χ0v) is 13.7. The van der Waals surface area contributed by atoms with E-state index in [1.165, 1.54) is 4.90 Å². The number of ketones is 1. The molecular weight excluding hydrogens is 370 g/mol. The number of hydrogen-bond donors (Lipinski definition) is 0. The van der Waals surface area contributed by atoms with Gasteiger partial charge >= 0.3 is 0 Å². The third kappa shape index (κ3) is 2.74. The Kier molecular flexibility index (Phi) is 4.18. The van der Waals surface area contributed by atoms with Crippen LogP contribution in [-0.4, -0.2) is 24.8 Å². The van der Waals surface area contributed by atoms with Crippen molar-refractivity contribution < 1.29 is 14.3 Å². The number of ether oxygens (including phenoxy) is 1. The lowest BCUT2D eigenvalue weighted by Crippen LogP contribution is -2.33. The van der Waals surface area contributed by atoms with Crippen LogP contribution in [0.1, 0.15) is 10.4 Å².